The van der Waals surface area contributed by atoms with Crippen LogP contribution in [0.1, 0.15) is 34.1 Å². The minimum Gasteiger partial charge on any atom is -0.433 e. The zero-order valence-corrected chi connectivity index (χ0v) is 16.7. The Balaban J connectivity index is 2.07. The molecule has 1 aromatic carbocycles. The molecule has 0 unspecified atom stereocenters. The van der Waals surface area contributed by atoms with Crippen LogP contribution in [0, 0.1) is 17.3 Å². The monoisotopic (exact) mass is 379 g/mol. The summed E-state index contributed by atoms with van der Waals surface area (Å²) >= 11 is 0. The standard InChI is InChI=1S/C21H31F2N3O/c1-15-9-17(21(2,3)4)14-26(12-15)13-16(10-24)11-25-18-7-5-6-8-19(18)27-20(22)23/h5-8,10-11,15,17,20H,9,12-14,24H2,1-4H3/b16-10+,25-11?/t15-,17-/m1/s1. The van der Waals surface area contributed by atoms with Crippen molar-refractivity contribution < 1.29 is 13.5 Å². The maximum absolute atomic E-state index is 12.5. The molecule has 1 aromatic rings. The van der Waals surface area contributed by atoms with Crippen LogP contribution >= 0.6 is 0 Å². The normalized spacial score (nSPS) is 22.6. The first-order valence-electron chi connectivity index (χ1n) is 9.40. The van der Waals surface area contributed by atoms with Crippen LogP contribution in [0.15, 0.2) is 41.0 Å². The third-order valence-electron chi connectivity index (χ3n) is 5.03. The van der Waals surface area contributed by atoms with Crippen molar-refractivity contribution in [3.63, 3.8) is 0 Å². The molecule has 0 aliphatic carbocycles. The van der Waals surface area contributed by atoms with Gasteiger partial charge in [-0.25, -0.2) is 0 Å². The molecule has 0 amide bonds. The van der Waals surface area contributed by atoms with Crippen molar-refractivity contribution in [1.29, 1.82) is 0 Å². The molecule has 1 fully saturated rings. The van der Waals surface area contributed by atoms with E-state index < -0.39 is 6.61 Å². The van der Waals surface area contributed by atoms with Crippen molar-refractivity contribution in [2.75, 3.05) is 19.6 Å². The van der Waals surface area contributed by atoms with Gasteiger partial charge in [0.25, 0.3) is 0 Å². The molecule has 0 spiro atoms. The average molecular weight is 379 g/mol. The minimum absolute atomic E-state index is 0.0551. The Bertz CT molecular complexity index is 668. The van der Waals surface area contributed by atoms with Gasteiger partial charge in [-0.05, 0) is 47.6 Å². The lowest BCUT2D eigenvalue weighted by atomic mass is 9.73. The van der Waals surface area contributed by atoms with Gasteiger partial charge in [-0.1, -0.05) is 39.8 Å². The Morgan fingerprint density at radius 2 is 2.04 bits per heavy atom. The quantitative estimate of drug-likeness (QED) is 0.720. The van der Waals surface area contributed by atoms with E-state index in [-0.39, 0.29) is 11.2 Å². The molecule has 6 heteroatoms. The number of para-hydroxylation sites is 2. The van der Waals surface area contributed by atoms with Crippen LogP contribution in [0.3, 0.4) is 0 Å². The van der Waals surface area contributed by atoms with Crippen molar-refractivity contribution in [2.24, 2.45) is 28.0 Å². The molecular formula is C21H31F2N3O. The van der Waals surface area contributed by atoms with Crippen molar-refractivity contribution in [3.05, 3.63) is 36.0 Å². The summed E-state index contributed by atoms with van der Waals surface area (Å²) < 4.78 is 29.6. The lowest BCUT2D eigenvalue weighted by molar-refractivity contribution is -0.0494. The number of nitrogens with zero attached hydrogens (tertiary/aromatic N) is 2. The van der Waals surface area contributed by atoms with E-state index in [1.54, 1.807) is 24.4 Å². The fraction of sp³-hybridized carbons (Fsp3) is 0.571. The fourth-order valence-corrected chi connectivity index (χ4v) is 3.52. The predicted molar refractivity (Wildman–Crippen MR) is 107 cm³/mol. The Morgan fingerprint density at radius 1 is 1.33 bits per heavy atom. The molecule has 2 N–H and O–H groups in total. The third-order valence-corrected chi connectivity index (χ3v) is 5.03. The highest BCUT2D eigenvalue weighted by molar-refractivity contribution is 5.82. The number of piperidine rings is 1. The number of halogens is 2. The second kappa shape index (κ2) is 9.31. The van der Waals surface area contributed by atoms with Gasteiger partial charge >= 0.3 is 6.61 Å². The summed E-state index contributed by atoms with van der Waals surface area (Å²) in [4.78, 5) is 6.72. The van der Waals surface area contributed by atoms with Gasteiger partial charge in [-0.3, -0.25) is 9.89 Å². The summed E-state index contributed by atoms with van der Waals surface area (Å²) in [5, 5.41) is 0. The largest absolute Gasteiger partial charge is 0.433 e. The molecule has 150 valence electrons. The van der Waals surface area contributed by atoms with Crippen LogP contribution in [-0.4, -0.2) is 37.4 Å². The fourth-order valence-electron chi connectivity index (χ4n) is 3.52. The van der Waals surface area contributed by atoms with Gasteiger partial charge in [0.15, 0.2) is 5.75 Å². The van der Waals surface area contributed by atoms with Gasteiger partial charge in [0.2, 0.25) is 0 Å². The van der Waals surface area contributed by atoms with Crippen LogP contribution in [0.2, 0.25) is 0 Å². The zero-order valence-electron chi connectivity index (χ0n) is 16.7. The number of likely N-dealkylation sites (tertiary alicyclic amines) is 1. The molecule has 0 saturated carbocycles. The first kappa shape index (κ1) is 21.4. The van der Waals surface area contributed by atoms with Crippen molar-refractivity contribution in [2.45, 2.75) is 40.7 Å². The SMILES string of the molecule is C[C@@H]1C[C@@H](C(C)(C)C)CN(C/C(C=Nc2ccccc2OC(F)F)=C/N)C1. The van der Waals surface area contributed by atoms with Gasteiger partial charge in [-0.15, -0.1) is 0 Å². The summed E-state index contributed by atoms with van der Waals surface area (Å²) in [6, 6.07) is 6.49. The molecule has 0 radical (unpaired) electrons. The Morgan fingerprint density at radius 3 is 2.67 bits per heavy atom. The number of ether oxygens (including phenoxy) is 1. The topological polar surface area (TPSA) is 50.8 Å². The van der Waals surface area contributed by atoms with Crippen LogP contribution in [-0.2, 0) is 0 Å². The first-order chi connectivity index (χ1) is 12.7. The molecule has 4 nitrogen and oxygen atoms in total. The van der Waals surface area contributed by atoms with E-state index in [0.717, 1.165) is 18.7 Å². The van der Waals surface area contributed by atoms with Gasteiger partial charge in [0.05, 0.1) is 0 Å². The van der Waals surface area contributed by atoms with E-state index in [2.05, 4.69) is 42.3 Å². The smallest absolute Gasteiger partial charge is 0.387 e. The second-order valence-corrected chi connectivity index (χ2v) is 8.44. The van der Waals surface area contributed by atoms with Crippen LogP contribution in [0.4, 0.5) is 14.5 Å². The summed E-state index contributed by atoms with van der Waals surface area (Å²) in [5.74, 6) is 1.30. The predicted octanol–water partition coefficient (Wildman–Crippen LogP) is 4.84. The molecule has 1 aliphatic rings. The lowest BCUT2D eigenvalue weighted by Crippen LogP contribution is -2.44. The number of nitrogens with two attached hydrogens (primary N) is 1. The second-order valence-electron chi connectivity index (χ2n) is 8.44. The van der Waals surface area contributed by atoms with Crippen LogP contribution < -0.4 is 10.5 Å². The van der Waals surface area contributed by atoms with Crippen molar-refractivity contribution >= 4 is 11.9 Å². The van der Waals surface area contributed by atoms with Gasteiger partial charge < -0.3 is 10.5 Å². The molecule has 27 heavy (non-hydrogen) atoms. The summed E-state index contributed by atoms with van der Waals surface area (Å²) in [6.07, 6.45) is 4.40. The van der Waals surface area contributed by atoms with Crippen molar-refractivity contribution in [3.8, 4) is 5.75 Å². The van der Waals surface area contributed by atoms with E-state index in [9.17, 15) is 8.78 Å². The van der Waals surface area contributed by atoms with Gasteiger partial charge in [0.1, 0.15) is 5.69 Å². The number of benzene rings is 1. The molecule has 0 aromatic heterocycles. The maximum Gasteiger partial charge on any atom is 0.387 e. The third kappa shape index (κ3) is 6.61. The maximum atomic E-state index is 12.5. The molecule has 1 heterocycles. The number of aliphatic imine (C=N–C) groups is 1. The summed E-state index contributed by atoms with van der Waals surface area (Å²) in [5.41, 5.74) is 7.27. The molecule has 0 bridgehead atoms. The molecule has 1 aliphatic heterocycles. The zero-order chi connectivity index (χ0) is 20.0. The van der Waals surface area contributed by atoms with Crippen molar-refractivity contribution in [1.82, 2.24) is 4.90 Å². The van der Waals surface area contributed by atoms with E-state index >= 15 is 0 Å². The summed E-state index contributed by atoms with van der Waals surface area (Å²) in [7, 11) is 0. The van der Waals surface area contributed by atoms with Crippen LogP contribution in [0.25, 0.3) is 0 Å². The Kier molecular flexibility index (Phi) is 7.36. The number of rotatable bonds is 6. The average Bonchev–Trinajstić information content (AvgIpc) is 2.58. The Hall–Kier alpha value is -1.95. The van der Waals surface area contributed by atoms with Crippen LogP contribution in [0.5, 0.6) is 5.75 Å². The highest BCUT2D eigenvalue weighted by Gasteiger charge is 2.32. The molecule has 1 saturated heterocycles. The van der Waals surface area contributed by atoms with E-state index in [1.807, 2.05) is 0 Å². The minimum atomic E-state index is -2.88. The molecule has 2 rings (SSSR count). The Labute approximate surface area is 161 Å². The summed E-state index contributed by atoms with van der Waals surface area (Å²) in [6.45, 7) is 8.98. The highest BCUT2D eigenvalue weighted by Crippen LogP contribution is 2.35. The molecular weight excluding hydrogens is 348 g/mol. The lowest BCUT2D eigenvalue weighted by Gasteiger charge is -2.42. The number of hydrogen-bond donors (Lipinski definition) is 1. The van der Waals surface area contributed by atoms with E-state index in [0.29, 0.717) is 24.1 Å². The number of alkyl halides is 2. The van der Waals surface area contributed by atoms with Gasteiger partial charge in [0, 0.05) is 25.8 Å². The van der Waals surface area contributed by atoms with E-state index in [4.69, 9.17) is 5.73 Å². The first-order valence-corrected chi connectivity index (χ1v) is 9.40. The molecule has 2 atom stereocenters. The van der Waals surface area contributed by atoms with Gasteiger partial charge in [-0.2, -0.15) is 8.78 Å². The van der Waals surface area contributed by atoms with E-state index in [1.165, 1.54) is 18.7 Å². The number of hydrogen-bond acceptors (Lipinski definition) is 4. The highest BCUT2D eigenvalue weighted by atomic mass is 19.3.